The van der Waals surface area contributed by atoms with Crippen LogP contribution in [0.15, 0.2) is 72.9 Å². The van der Waals surface area contributed by atoms with Gasteiger partial charge in [0.25, 0.3) is 0 Å². The predicted molar refractivity (Wildman–Crippen MR) is 133 cm³/mol. The monoisotopic (exact) mass is 474 g/mol. The summed E-state index contributed by atoms with van der Waals surface area (Å²) in [7, 11) is 0. The van der Waals surface area contributed by atoms with Gasteiger partial charge in [-0.15, -0.1) is 0 Å². The largest absolute Gasteiger partial charge is 0.384 e. The van der Waals surface area contributed by atoms with E-state index in [1.165, 1.54) is 6.07 Å². The quantitative estimate of drug-likeness (QED) is 0.400. The number of aliphatic hydroxyl groups is 1. The van der Waals surface area contributed by atoms with Gasteiger partial charge in [0, 0.05) is 19.2 Å². The van der Waals surface area contributed by atoms with E-state index in [1.807, 2.05) is 48.5 Å². The number of rotatable bonds is 8. The second-order valence-electron chi connectivity index (χ2n) is 9.87. The van der Waals surface area contributed by atoms with Gasteiger partial charge in [-0.25, -0.2) is 4.39 Å². The van der Waals surface area contributed by atoms with Crippen molar-refractivity contribution in [1.82, 2.24) is 10.3 Å². The maximum Gasteiger partial charge on any atom is 0.241 e. The molecular weight excluding hydrogens is 443 g/mol. The molecule has 5 rings (SSSR count). The SMILES string of the molecule is N[C@](CCc1ccc(F)c(NC(=O)[C@H]2C[C@](O)(c3ccccc3)CN2)c1)(c1ccccn1)C1CC1. The van der Waals surface area contributed by atoms with Crippen LogP contribution in [-0.4, -0.2) is 28.6 Å². The topological polar surface area (TPSA) is 100 Å². The molecule has 6 nitrogen and oxygen atoms in total. The predicted octanol–water partition coefficient (Wildman–Crippen LogP) is 3.61. The van der Waals surface area contributed by atoms with Crippen LogP contribution in [0.3, 0.4) is 0 Å². The Labute approximate surface area is 204 Å². The molecule has 0 spiro atoms. The van der Waals surface area contributed by atoms with Crippen molar-refractivity contribution >= 4 is 11.6 Å². The van der Waals surface area contributed by atoms with Gasteiger partial charge < -0.3 is 21.5 Å². The van der Waals surface area contributed by atoms with Crippen LogP contribution in [0.4, 0.5) is 10.1 Å². The molecule has 0 bridgehead atoms. The number of β-amino-alcohol motifs (C(OH)–C–C–N with tert-alkyl or cyclic N) is 1. The average Bonchev–Trinajstić information content (AvgIpc) is 3.67. The molecule has 3 atom stereocenters. The lowest BCUT2D eigenvalue weighted by molar-refractivity contribution is -0.118. The number of benzene rings is 2. The second kappa shape index (κ2) is 9.49. The first-order valence-corrected chi connectivity index (χ1v) is 12.2. The molecule has 35 heavy (non-hydrogen) atoms. The summed E-state index contributed by atoms with van der Waals surface area (Å²) in [6.45, 7) is 0.255. The van der Waals surface area contributed by atoms with Crippen molar-refractivity contribution in [3.8, 4) is 0 Å². The number of nitrogens with two attached hydrogens (primary N) is 1. The first kappa shape index (κ1) is 23.6. The molecular formula is C28H31FN4O2. The minimum atomic E-state index is -1.14. The molecule has 1 saturated carbocycles. The number of hydrogen-bond acceptors (Lipinski definition) is 5. The molecule has 1 aliphatic carbocycles. The fourth-order valence-corrected chi connectivity index (χ4v) is 5.10. The van der Waals surface area contributed by atoms with Crippen LogP contribution in [0.5, 0.6) is 0 Å². The number of pyridine rings is 1. The average molecular weight is 475 g/mol. The van der Waals surface area contributed by atoms with Gasteiger partial charge >= 0.3 is 0 Å². The van der Waals surface area contributed by atoms with Gasteiger partial charge in [0.2, 0.25) is 5.91 Å². The molecule has 2 aromatic carbocycles. The van der Waals surface area contributed by atoms with Gasteiger partial charge in [-0.3, -0.25) is 9.78 Å². The highest BCUT2D eigenvalue weighted by Gasteiger charge is 2.44. The third-order valence-electron chi connectivity index (χ3n) is 7.37. The summed E-state index contributed by atoms with van der Waals surface area (Å²) in [6, 6.07) is 19.2. The Balaban J connectivity index is 1.25. The van der Waals surface area contributed by atoms with E-state index < -0.39 is 23.0 Å². The first-order chi connectivity index (χ1) is 16.9. The smallest absolute Gasteiger partial charge is 0.241 e. The number of aromatic nitrogens is 1. The molecule has 2 heterocycles. The lowest BCUT2D eigenvalue weighted by atomic mass is 9.84. The van der Waals surface area contributed by atoms with Crippen LogP contribution in [0.1, 0.15) is 42.5 Å². The zero-order valence-corrected chi connectivity index (χ0v) is 19.6. The normalized spacial score (nSPS) is 23.6. The summed E-state index contributed by atoms with van der Waals surface area (Å²) in [5, 5.41) is 16.8. The highest BCUT2D eigenvalue weighted by Crippen LogP contribution is 2.46. The number of nitrogens with one attached hydrogen (secondary N) is 2. The van der Waals surface area contributed by atoms with E-state index >= 15 is 0 Å². The number of halogens is 1. The number of hydrogen-bond donors (Lipinski definition) is 4. The zero-order valence-electron chi connectivity index (χ0n) is 19.6. The fourth-order valence-electron chi connectivity index (χ4n) is 5.10. The van der Waals surface area contributed by atoms with Gasteiger partial charge in [-0.1, -0.05) is 42.5 Å². The van der Waals surface area contributed by atoms with E-state index in [1.54, 1.807) is 18.3 Å². The van der Waals surface area contributed by atoms with E-state index in [-0.39, 0.29) is 24.6 Å². The van der Waals surface area contributed by atoms with E-state index in [9.17, 15) is 14.3 Å². The van der Waals surface area contributed by atoms with Crippen LogP contribution < -0.4 is 16.4 Å². The molecule has 0 radical (unpaired) electrons. The van der Waals surface area contributed by atoms with Crippen molar-refractivity contribution in [2.75, 3.05) is 11.9 Å². The molecule has 2 aliphatic rings. The molecule has 7 heteroatoms. The lowest BCUT2D eigenvalue weighted by Crippen LogP contribution is -2.40. The molecule has 182 valence electrons. The summed E-state index contributed by atoms with van der Waals surface area (Å²) in [5.74, 6) is -0.467. The maximum atomic E-state index is 14.6. The third-order valence-corrected chi connectivity index (χ3v) is 7.37. The van der Waals surface area contributed by atoms with Crippen LogP contribution in [0.25, 0.3) is 0 Å². The second-order valence-corrected chi connectivity index (χ2v) is 9.87. The molecule has 1 aromatic heterocycles. The molecule has 5 N–H and O–H groups in total. The first-order valence-electron chi connectivity index (χ1n) is 12.2. The Hall–Kier alpha value is -3.13. The number of amides is 1. The minimum absolute atomic E-state index is 0.135. The summed E-state index contributed by atoms with van der Waals surface area (Å²) in [6.07, 6.45) is 5.47. The molecule has 3 aromatic rings. The van der Waals surface area contributed by atoms with Crippen molar-refractivity contribution < 1.29 is 14.3 Å². The number of carbonyl (C=O) groups excluding carboxylic acids is 1. The number of nitrogens with zero attached hydrogens (tertiary/aromatic N) is 1. The van der Waals surface area contributed by atoms with E-state index in [2.05, 4.69) is 15.6 Å². The van der Waals surface area contributed by atoms with Gasteiger partial charge in [0.1, 0.15) is 11.4 Å². The van der Waals surface area contributed by atoms with E-state index in [0.717, 1.165) is 29.7 Å². The van der Waals surface area contributed by atoms with Gasteiger partial charge in [0.05, 0.1) is 23.0 Å². The van der Waals surface area contributed by atoms with Gasteiger partial charge in [0.15, 0.2) is 0 Å². The van der Waals surface area contributed by atoms with Crippen LogP contribution in [-0.2, 0) is 22.4 Å². The van der Waals surface area contributed by atoms with Crippen LogP contribution in [0.2, 0.25) is 0 Å². The molecule has 1 amide bonds. The summed E-state index contributed by atoms with van der Waals surface area (Å²) >= 11 is 0. The van der Waals surface area contributed by atoms with Crippen molar-refractivity contribution in [2.45, 2.75) is 49.3 Å². The van der Waals surface area contributed by atoms with Crippen LogP contribution >= 0.6 is 0 Å². The number of anilines is 1. The maximum absolute atomic E-state index is 14.6. The van der Waals surface area contributed by atoms with Gasteiger partial charge in [-0.05, 0) is 67.0 Å². The number of carbonyl (C=O) groups is 1. The summed E-state index contributed by atoms with van der Waals surface area (Å²) in [4.78, 5) is 17.4. The minimum Gasteiger partial charge on any atom is -0.384 e. The van der Waals surface area contributed by atoms with E-state index in [0.29, 0.717) is 18.8 Å². The Bertz CT molecular complexity index is 1190. The highest BCUT2D eigenvalue weighted by atomic mass is 19.1. The third kappa shape index (κ3) is 4.98. The Kier molecular flexibility index (Phi) is 6.40. The van der Waals surface area contributed by atoms with Crippen molar-refractivity contribution in [3.05, 3.63) is 95.6 Å². The fraction of sp³-hybridized carbons (Fsp3) is 0.357. The van der Waals surface area contributed by atoms with Crippen molar-refractivity contribution in [2.24, 2.45) is 11.7 Å². The molecule has 2 fully saturated rings. The lowest BCUT2D eigenvalue weighted by Gasteiger charge is -2.29. The molecule has 1 aliphatic heterocycles. The van der Waals surface area contributed by atoms with Crippen molar-refractivity contribution in [3.63, 3.8) is 0 Å². The van der Waals surface area contributed by atoms with Crippen molar-refractivity contribution in [1.29, 1.82) is 0 Å². The van der Waals surface area contributed by atoms with E-state index in [4.69, 9.17) is 5.73 Å². The zero-order chi connectivity index (χ0) is 24.5. The Morgan fingerprint density at radius 3 is 2.66 bits per heavy atom. The van der Waals surface area contributed by atoms with Gasteiger partial charge in [-0.2, -0.15) is 0 Å². The number of aryl methyl sites for hydroxylation is 1. The molecule has 1 saturated heterocycles. The summed E-state index contributed by atoms with van der Waals surface area (Å²) in [5.41, 5.74) is 7.86. The molecule has 0 unspecified atom stereocenters. The summed E-state index contributed by atoms with van der Waals surface area (Å²) < 4.78 is 14.6. The van der Waals surface area contributed by atoms with Crippen LogP contribution in [0, 0.1) is 11.7 Å². The standard InChI is InChI=1S/C28H31FN4O2/c29-22-12-9-19(13-14-28(30,21-10-11-21)25-8-4-5-15-31-25)16-23(22)33-26(34)24-17-27(35,18-32-24)20-6-2-1-3-7-20/h1-9,12,15-16,21,24,32,35H,10-11,13-14,17-18,30H2,(H,33,34)/t24-,27-,28+/m1/s1. The Morgan fingerprint density at radius 1 is 1.17 bits per heavy atom. The Morgan fingerprint density at radius 2 is 1.94 bits per heavy atom. The highest BCUT2D eigenvalue weighted by molar-refractivity contribution is 5.95.